The van der Waals surface area contributed by atoms with Crippen LogP contribution in [0.2, 0.25) is 0 Å². The van der Waals surface area contributed by atoms with Gasteiger partial charge in [-0.05, 0) is 0 Å². The van der Waals surface area contributed by atoms with Crippen LogP contribution in [0.5, 0.6) is 0 Å². The Morgan fingerprint density at radius 1 is 1.33 bits per heavy atom. The van der Waals surface area contributed by atoms with E-state index in [1.165, 1.54) is 6.92 Å². The monoisotopic (exact) mass is 219 g/mol. The lowest BCUT2D eigenvalue weighted by Crippen LogP contribution is -2.54. The quantitative estimate of drug-likeness (QED) is 0.499. The zero-order valence-electron chi connectivity index (χ0n) is 9.52. The second-order valence-electron chi connectivity index (χ2n) is 4.56. The SMILES string of the molecule is CC(=O)NC(C(=O)O)C(O)C[N+](C)(C)C. The fourth-order valence-electron chi connectivity index (χ4n) is 1.21. The van der Waals surface area contributed by atoms with Gasteiger partial charge in [-0.15, -0.1) is 0 Å². The maximum Gasteiger partial charge on any atom is 0.329 e. The van der Waals surface area contributed by atoms with E-state index in [2.05, 4.69) is 5.32 Å². The number of carbonyl (C=O) groups excluding carboxylic acids is 1. The Morgan fingerprint density at radius 3 is 2.07 bits per heavy atom. The van der Waals surface area contributed by atoms with Crippen molar-refractivity contribution in [3.05, 3.63) is 0 Å². The predicted octanol–water partition coefficient (Wildman–Crippen LogP) is -1.36. The van der Waals surface area contributed by atoms with E-state index >= 15 is 0 Å². The summed E-state index contributed by atoms with van der Waals surface area (Å²) in [4.78, 5) is 21.5. The fraction of sp³-hybridized carbons (Fsp3) is 0.778. The number of amides is 1. The zero-order chi connectivity index (χ0) is 12.2. The number of carbonyl (C=O) groups is 2. The molecule has 3 N–H and O–H groups in total. The summed E-state index contributed by atoms with van der Waals surface area (Å²) in [5.41, 5.74) is 0. The molecule has 0 aliphatic carbocycles. The van der Waals surface area contributed by atoms with Crippen LogP contribution < -0.4 is 5.32 Å². The van der Waals surface area contributed by atoms with Gasteiger partial charge in [0.2, 0.25) is 5.91 Å². The molecule has 0 heterocycles. The number of aliphatic carboxylic acids is 1. The van der Waals surface area contributed by atoms with Gasteiger partial charge in [-0.3, -0.25) is 4.79 Å². The number of aliphatic hydroxyl groups is 1. The first-order valence-corrected chi connectivity index (χ1v) is 4.62. The number of quaternary nitrogens is 1. The molecule has 2 unspecified atom stereocenters. The van der Waals surface area contributed by atoms with Crippen LogP contribution in [0.25, 0.3) is 0 Å². The Bertz CT molecular complexity index is 247. The molecular weight excluding hydrogens is 200 g/mol. The van der Waals surface area contributed by atoms with Gasteiger partial charge in [0.25, 0.3) is 0 Å². The van der Waals surface area contributed by atoms with Gasteiger partial charge in [-0.1, -0.05) is 0 Å². The van der Waals surface area contributed by atoms with E-state index in [9.17, 15) is 14.7 Å². The third-order valence-corrected chi connectivity index (χ3v) is 1.74. The molecule has 2 atom stereocenters. The van der Waals surface area contributed by atoms with E-state index < -0.39 is 24.0 Å². The topological polar surface area (TPSA) is 86.6 Å². The lowest BCUT2D eigenvalue weighted by atomic mass is 10.1. The van der Waals surface area contributed by atoms with E-state index in [0.29, 0.717) is 4.48 Å². The molecule has 15 heavy (non-hydrogen) atoms. The summed E-state index contributed by atoms with van der Waals surface area (Å²) >= 11 is 0. The largest absolute Gasteiger partial charge is 0.480 e. The molecule has 0 radical (unpaired) electrons. The maximum atomic E-state index is 10.8. The highest BCUT2D eigenvalue weighted by Crippen LogP contribution is 2.01. The Morgan fingerprint density at radius 2 is 1.80 bits per heavy atom. The minimum absolute atomic E-state index is 0.247. The van der Waals surface area contributed by atoms with Gasteiger partial charge in [0.15, 0.2) is 6.04 Å². The van der Waals surface area contributed by atoms with Crippen LogP contribution in [0.3, 0.4) is 0 Å². The molecule has 1 amide bonds. The van der Waals surface area contributed by atoms with Crippen LogP contribution in [-0.2, 0) is 9.59 Å². The van der Waals surface area contributed by atoms with Crippen molar-refractivity contribution >= 4 is 11.9 Å². The van der Waals surface area contributed by atoms with Crippen LogP contribution in [0, 0.1) is 0 Å². The number of nitrogens with one attached hydrogen (secondary N) is 1. The van der Waals surface area contributed by atoms with Crippen molar-refractivity contribution in [2.75, 3.05) is 27.7 Å². The highest BCUT2D eigenvalue weighted by molar-refractivity contribution is 5.82. The van der Waals surface area contributed by atoms with Crippen LogP contribution in [0.15, 0.2) is 0 Å². The first kappa shape index (κ1) is 13.9. The number of aliphatic hydroxyl groups excluding tert-OH is 1. The number of nitrogens with zero attached hydrogens (tertiary/aromatic N) is 1. The van der Waals surface area contributed by atoms with E-state index in [1.807, 2.05) is 21.1 Å². The second-order valence-corrected chi connectivity index (χ2v) is 4.56. The minimum atomic E-state index is -1.25. The van der Waals surface area contributed by atoms with Crippen molar-refractivity contribution in [2.24, 2.45) is 0 Å². The minimum Gasteiger partial charge on any atom is -0.480 e. The normalized spacial score (nSPS) is 15.5. The summed E-state index contributed by atoms with van der Waals surface area (Å²) in [6.07, 6.45) is -1.11. The summed E-state index contributed by atoms with van der Waals surface area (Å²) < 4.78 is 0.421. The van der Waals surface area contributed by atoms with Gasteiger partial charge in [0.1, 0.15) is 12.6 Å². The third-order valence-electron chi connectivity index (χ3n) is 1.74. The van der Waals surface area contributed by atoms with E-state index in [-0.39, 0.29) is 6.54 Å². The molecule has 88 valence electrons. The van der Waals surface area contributed by atoms with Crippen LogP contribution in [-0.4, -0.2) is 66.4 Å². The molecule has 0 aliphatic heterocycles. The summed E-state index contributed by atoms with van der Waals surface area (Å²) in [6.45, 7) is 1.46. The summed E-state index contributed by atoms with van der Waals surface area (Å²) in [5.74, 6) is -1.70. The Kier molecular flexibility index (Phi) is 4.70. The average molecular weight is 219 g/mol. The molecule has 0 saturated heterocycles. The Hall–Kier alpha value is -1.14. The van der Waals surface area contributed by atoms with Crippen LogP contribution in [0.4, 0.5) is 0 Å². The molecular formula is C9H19N2O4+. The first-order valence-electron chi connectivity index (χ1n) is 4.62. The van der Waals surface area contributed by atoms with E-state index in [0.717, 1.165) is 0 Å². The van der Waals surface area contributed by atoms with Gasteiger partial charge in [0.05, 0.1) is 21.1 Å². The summed E-state index contributed by atoms with van der Waals surface area (Å²) in [7, 11) is 5.49. The first-order chi connectivity index (χ1) is 6.63. The standard InChI is InChI=1S/C9H18N2O4/c1-6(12)10-8(9(14)15)7(13)5-11(2,3)4/h7-8,13H,5H2,1-4H3,(H-,10,12,14,15)/p+1. The third kappa shape index (κ3) is 6.03. The Labute approximate surface area is 89.1 Å². The van der Waals surface area contributed by atoms with Gasteiger partial charge in [-0.2, -0.15) is 0 Å². The van der Waals surface area contributed by atoms with Gasteiger partial charge in [-0.25, -0.2) is 4.79 Å². The van der Waals surface area contributed by atoms with Crippen molar-refractivity contribution in [1.82, 2.24) is 5.32 Å². The number of hydrogen-bond acceptors (Lipinski definition) is 3. The van der Waals surface area contributed by atoms with Crippen molar-refractivity contribution in [3.8, 4) is 0 Å². The molecule has 0 spiro atoms. The molecule has 0 bridgehead atoms. The summed E-state index contributed by atoms with van der Waals surface area (Å²) in [5, 5.41) is 20.7. The number of likely N-dealkylation sites (N-methyl/N-ethyl adjacent to an activating group) is 1. The molecule has 0 rings (SSSR count). The van der Waals surface area contributed by atoms with E-state index in [1.54, 1.807) is 0 Å². The van der Waals surface area contributed by atoms with Crippen LogP contribution in [0.1, 0.15) is 6.92 Å². The molecule has 0 aromatic carbocycles. The van der Waals surface area contributed by atoms with Gasteiger partial charge < -0.3 is 20.0 Å². The van der Waals surface area contributed by atoms with E-state index in [4.69, 9.17) is 5.11 Å². The summed E-state index contributed by atoms with van der Waals surface area (Å²) in [6, 6.07) is -1.25. The lowest BCUT2D eigenvalue weighted by Gasteiger charge is -2.29. The smallest absolute Gasteiger partial charge is 0.329 e. The van der Waals surface area contributed by atoms with Crippen molar-refractivity contribution in [2.45, 2.75) is 19.1 Å². The zero-order valence-corrected chi connectivity index (χ0v) is 9.52. The molecule has 0 aromatic rings. The molecule has 6 heteroatoms. The number of hydrogen-bond donors (Lipinski definition) is 3. The van der Waals surface area contributed by atoms with Crippen LogP contribution >= 0.6 is 0 Å². The molecule has 0 saturated carbocycles. The highest BCUT2D eigenvalue weighted by atomic mass is 16.4. The molecule has 0 aromatic heterocycles. The molecule has 0 fully saturated rings. The molecule has 6 nitrogen and oxygen atoms in total. The lowest BCUT2D eigenvalue weighted by molar-refractivity contribution is -0.873. The second kappa shape index (κ2) is 5.09. The predicted molar refractivity (Wildman–Crippen MR) is 54.1 cm³/mol. The molecule has 0 aliphatic rings. The number of carboxylic acids is 1. The number of rotatable bonds is 5. The Balaban J connectivity index is 4.49. The van der Waals surface area contributed by atoms with Gasteiger partial charge >= 0.3 is 5.97 Å². The van der Waals surface area contributed by atoms with Gasteiger partial charge in [0, 0.05) is 6.92 Å². The van der Waals surface area contributed by atoms with Crippen molar-refractivity contribution in [3.63, 3.8) is 0 Å². The average Bonchev–Trinajstić information content (AvgIpc) is 1.95. The van der Waals surface area contributed by atoms with Crippen molar-refractivity contribution in [1.29, 1.82) is 0 Å². The number of carboxylic acid groups (broad SMARTS) is 1. The fourth-order valence-corrected chi connectivity index (χ4v) is 1.21. The van der Waals surface area contributed by atoms with Crippen molar-refractivity contribution < 1.29 is 24.3 Å². The maximum absolute atomic E-state index is 10.8. The highest BCUT2D eigenvalue weighted by Gasteiger charge is 2.31.